The van der Waals surface area contributed by atoms with Crippen molar-refractivity contribution in [3.05, 3.63) is 56.5 Å². The van der Waals surface area contributed by atoms with Gasteiger partial charge in [0.1, 0.15) is 5.75 Å². The van der Waals surface area contributed by atoms with Gasteiger partial charge in [-0.1, -0.05) is 11.6 Å². The van der Waals surface area contributed by atoms with Crippen LogP contribution in [0.1, 0.15) is 6.42 Å². The van der Waals surface area contributed by atoms with Crippen LogP contribution in [0.5, 0.6) is 5.75 Å². The fraction of sp³-hybridized carbons (Fsp3) is 0.522. The van der Waals surface area contributed by atoms with E-state index in [0.717, 1.165) is 49.5 Å². The van der Waals surface area contributed by atoms with Crippen molar-refractivity contribution in [2.24, 2.45) is 14.1 Å². The van der Waals surface area contributed by atoms with Crippen molar-refractivity contribution in [2.75, 3.05) is 45.9 Å². The molecule has 3 heterocycles. The third-order valence-corrected chi connectivity index (χ3v) is 6.51. The Morgan fingerprint density at radius 2 is 1.71 bits per heavy atom. The Labute approximate surface area is 202 Å². The average molecular weight is 491 g/mol. The molecule has 1 aromatic carbocycles. The molecule has 11 heteroatoms. The van der Waals surface area contributed by atoms with E-state index in [4.69, 9.17) is 16.3 Å². The van der Waals surface area contributed by atoms with Crippen LogP contribution in [0.25, 0.3) is 11.2 Å². The standard InChI is InChI=1S/C23H31ClN6O4/c1-26-21-20(22(32)27(2)23(26)33)30(16-25-21)15-18(31)14-29-11-9-28(10-12-29)8-3-13-34-19-6-4-17(24)5-7-19/h4-7,16,18,31H,3,8-15H2,1-2H3. The van der Waals surface area contributed by atoms with Gasteiger partial charge in [-0.2, -0.15) is 0 Å². The Morgan fingerprint density at radius 1 is 1.03 bits per heavy atom. The number of ether oxygens (including phenoxy) is 1. The number of nitrogens with zero attached hydrogens (tertiary/aromatic N) is 6. The highest BCUT2D eigenvalue weighted by Gasteiger charge is 2.21. The third-order valence-electron chi connectivity index (χ3n) is 6.26. The molecule has 0 amide bonds. The number of piperazine rings is 1. The molecule has 184 valence electrons. The molecule has 10 nitrogen and oxygen atoms in total. The third kappa shape index (κ3) is 5.52. The minimum Gasteiger partial charge on any atom is -0.494 e. The first-order chi connectivity index (χ1) is 16.3. The number of hydrogen-bond acceptors (Lipinski definition) is 7. The van der Waals surface area contributed by atoms with Gasteiger partial charge in [-0.15, -0.1) is 0 Å². The largest absolute Gasteiger partial charge is 0.494 e. The molecule has 1 aliphatic heterocycles. The van der Waals surface area contributed by atoms with Crippen molar-refractivity contribution < 1.29 is 9.84 Å². The second-order valence-corrected chi connectivity index (χ2v) is 9.16. The fourth-order valence-corrected chi connectivity index (χ4v) is 4.45. The summed E-state index contributed by atoms with van der Waals surface area (Å²) in [5.41, 5.74) is -0.169. The van der Waals surface area contributed by atoms with Crippen LogP contribution < -0.4 is 16.0 Å². The summed E-state index contributed by atoms with van der Waals surface area (Å²) in [7, 11) is 3.03. The molecule has 1 saturated heterocycles. The van der Waals surface area contributed by atoms with Gasteiger partial charge in [0.25, 0.3) is 5.56 Å². The summed E-state index contributed by atoms with van der Waals surface area (Å²) in [6, 6.07) is 7.39. The van der Waals surface area contributed by atoms with E-state index in [1.54, 1.807) is 11.6 Å². The molecule has 1 unspecified atom stereocenters. The smallest absolute Gasteiger partial charge is 0.332 e. The van der Waals surface area contributed by atoms with Gasteiger partial charge in [-0.05, 0) is 30.7 Å². The number of imidazole rings is 1. The van der Waals surface area contributed by atoms with Gasteiger partial charge in [-0.25, -0.2) is 9.78 Å². The molecule has 0 saturated carbocycles. The molecule has 1 fully saturated rings. The van der Waals surface area contributed by atoms with E-state index in [9.17, 15) is 14.7 Å². The van der Waals surface area contributed by atoms with Crippen molar-refractivity contribution in [2.45, 2.75) is 19.1 Å². The molecule has 0 bridgehead atoms. The monoisotopic (exact) mass is 490 g/mol. The number of β-amino-alcohol motifs (C(OH)–C–C–N with tert-alkyl or cyclic N) is 1. The minimum atomic E-state index is -0.654. The van der Waals surface area contributed by atoms with E-state index in [1.165, 1.54) is 17.9 Å². The zero-order chi connectivity index (χ0) is 24.2. The Morgan fingerprint density at radius 3 is 2.41 bits per heavy atom. The maximum absolute atomic E-state index is 12.6. The zero-order valence-electron chi connectivity index (χ0n) is 19.6. The van der Waals surface area contributed by atoms with Crippen molar-refractivity contribution in [3.8, 4) is 5.75 Å². The lowest BCUT2D eigenvalue weighted by atomic mass is 10.2. The predicted octanol–water partition coefficient (Wildman–Crippen LogP) is 0.535. The van der Waals surface area contributed by atoms with Crippen molar-refractivity contribution in [1.82, 2.24) is 28.5 Å². The van der Waals surface area contributed by atoms with E-state index < -0.39 is 17.4 Å². The highest BCUT2D eigenvalue weighted by atomic mass is 35.5. The van der Waals surface area contributed by atoms with E-state index in [0.29, 0.717) is 29.3 Å². The Balaban J connectivity index is 1.22. The summed E-state index contributed by atoms with van der Waals surface area (Å²) in [5, 5.41) is 11.4. The quantitative estimate of drug-likeness (QED) is 0.437. The number of aromatic nitrogens is 4. The summed E-state index contributed by atoms with van der Waals surface area (Å²) in [4.78, 5) is 33.5. The van der Waals surface area contributed by atoms with Crippen LogP contribution >= 0.6 is 11.6 Å². The summed E-state index contributed by atoms with van der Waals surface area (Å²) in [5.74, 6) is 0.828. The van der Waals surface area contributed by atoms with E-state index in [-0.39, 0.29) is 6.54 Å². The van der Waals surface area contributed by atoms with Gasteiger partial charge in [-0.3, -0.25) is 18.8 Å². The zero-order valence-corrected chi connectivity index (χ0v) is 20.3. The molecule has 34 heavy (non-hydrogen) atoms. The first-order valence-electron chi connectivity index (χ1n) is 11.5. The van der Waals surface area contributed by atoms with E-state index in [1.807, 2.05) is 24.3 Å². The van der Waals surface area contributed by atoms with Gasteiger partial charge in [0.2, 0.25) is 0 Å². The molecule has 1 atom stereocenters. The summed E-state index contributed by atoms with van der Waals surface area (Å²) >= 11 is 5.89. The Kier molecular flexibility index (Phi) is 7.72. The number of aryl methyl sites for hydroxylation is 1. The second-order valence-electron chi connectivity index (χ2n) is 8.73. The summed E-state index contributed by atoms with van der Waals surface area (Å²) < 4.78 is 9.80. The van der Waals surface area contributed by atoms with Crippen molar-refractivity contribution in [1.29, 1.82) is 0 Å². The number of halogens is 1. The van der Waals surface area contributed by atoms with Gasteiger partial charge < -0.3 is 19.3 Å². The van der Waals surface area contributed by atoms with Crippen LogP contribution in [0.4, 0.5) is 0 Å². The lowest BCUT2D eigenvalue weighted by Gasteiger charge is -2.35. The molecule has 4 rings (SSSR count). The number of aliphatic hydroxyl groups is 1. The Hall–Kier alpha value is -2.66. The van der Waals surface area contributed by atoms with Crippen molar-refractivity contribution >= 4 is 22.8 Å². The molecule has 0 aliphatic carbocycles. The highest BCUT2D eigenvalue weighted by molar-refractivity contribution is 6.30. The summed E-state index contributed by atoms with van der Waals surface area (Å²) in [6.07, 6.45) is 1.80. The fourth-order valence-electron chi connectivity index (χ4n) is 4.32. The highest BCUT2D eigenvalue weighted by Crippen LogP contribution is 2.16. The van der Waals surface area contributed by atoms with Gasteiger partial charge in [0, 0.05) is 58.4 Å². The number of aliphatic hydroxyl groups excluding tert-OH is 1. The van der Waals surface area contributed by atoms with Crippen molar-refractivity contribution in [3.63, 3.8) is 0 Å². The van der Waals surface area contributed by atoms with E-state index in [2.05, 4.69) is 14.8 Å². The van der Waals surface area contributed by atoms with Crippen LogP contribution in [0.15, 0.2) is 40.2 Å². The van der Waals surface area contributed by atoms with Crippen LogP contribution in [-0.2, 0) is 20.6 Å². The molecular formula is C23H31ClN6O4. The molecule has 1 N–H and O–H groups in total. The van der Waals surface area contributed by atoms with Crippen LogP contribution in [0, 0.1) is 0 Å². The predicted molar refractivity (Wildman–Crippen MR) is 131 cm³/mol. The van der Waals surface area contributed by atoms with Crippen LogP contribution in [0.3, 0.4) is 0 Å². The normalized spacial score (nSPS) is 16.2. The maximum Gasteiger partial charge on any atom is 0.332 e. The first-order valence-corrected chi connectivity index (χ1v) is 11.8. The van der Waals surface area contributed by atoms with Gasteiger partial charge in [0.05, 0.1) is 25.6 Å². The van der Waals surface area contributed by atoms with Crippen LogP contribution in [0.2, 0.25) is 5.02 Å². The minimum absolute atomic E-state index is 0.242. The molecule has 0 radical (unpaired) electrons. The molecule has 2 aromatic heterocycles. The van der Waals surface area contributed by atoms with E-state index >= 15 is 0 Å². The number of benzene rings is 1. The molecule has 0 spiro atoms. The average Bonchev–Trinajstić information content (AvgIpc) is 3.24. The lowest BCUT2D eigenvalue weighted by Crippen LogP contribution is -2.49. The molecule has 3 aromatic rings. The molecule has 1 aliphatic rings. The van der Waals surface area contributed by atoms with Gasteiger partial charge >= 0.3 is 5.69 Å². The number of fused-ring (bicyclic) bond motifs is 1. The van der Waals surface area contributed by atoms with Crippen LogP contribution in [-0.4, -0.2) is 85.6 Å². The number of rotatable bonds is 9. The summed E-state index contributed by atoms with van der Waals surface area (Å²) in [6.45, 7) is 5.99. The second kappa shape index (κ2) is 10.7. The first kappa shape index (κ1) is 24.5. The SMILES string of the molecule is Cn1c(=O)c2c(ncn2CC(O)CN2CCN(CCCOc3ccc(Cl)cc3)CC2)n(C)c1=O. The number of hydrogen-bond donors (Lipinski definition) is 1. The molecular weight excluding hydrogens is 460 g/mol. The van der Waals surface area contributed by atoms with Gasteiger partial charge in [0.15, 0.2) is 11.2 Å². The maximum atomic E-state index is 12.6. The topological polar surface area (TPSA) is 97.8 Å². The Bertz CT molecular complexity index is 1230. The lowest BCUT2D eigenvalue weighted by molar-refractivity contribution is 0.0634.